The van der Waals surface area contributed by atoms with Crippen LogP contribution < -0.4 is 5.73 Å². The second-order valence-electron chi connectivity index (χ2n) is 5.19. The predicted molar refractivity (Wildman–Crippen MR) is 63.5 cm³/mol. The highest BCUT2D eigenvalue weighted by Gasteiger charge is 2.47. The molecule has 1 amide bonds. The van der Waals surface area contributed by atoms with Crippen LogP contribution in [0.4, 0.5) is 0 Å². The lowest BCUT2D eigenvalue weighted by Gasteiger charge is -2.38. The maximum absolute atomic E-state index is 12.5. The Morgan fingerprint density at radius 3 is 2.94 bits per heavy atom. The van der Waals surface area contributed by atoms with E-state index in [-0.39, 0.29) is 18.1 Å². The lowest BCUT2D eigenvalue weighted by atomic mass is 9.84. The Hall–Kier alpha value is -0.650. The van der Waals surface area contributed by atoms with Crippen molar-refractivity contribution in [3.8, 4) is 0 Å². The van der Waals surface area contributed by atoms with Gasteiger partial charge in [-0.15, -0.1) is 0 Å². The summed E-state index contributed by atoms with van der Waals surface area (Å²) in [5.74, 6) is 0.115. The Balaban J connectivity index is 2.04. The van der Waals surface area contributed by atoms with Gasteiger partial charge in [0, 0.05) is 19.1 Å². The van der Waals surface area contributed by atoms with Gasteiger partial charge in [0.2, 0.25) is 5.91 Å². The van der Waals surface area contributed by atoms with Crippen LogP contribution in [0.5, 0.6) is 0 Å². The molecule has 3 atom stereocenters. The largest absolute Gasteiger partial charge is 0.379 e. The normalized spacial score (nSPS) is 38.4. The Morgan fingerprint density at radius 1 is 1.59 bits per heavy atom. The van der Waals surface area contributed by atoms with Crippen molar-refractivity contribution >= 4 is 5.91 Å². The van der Waals surface area contributed by atoms with Gasteiger partial charge in [0.05, 0.1) is 31.3 Å². The van der Waals surface area contributed by atoms with E-state index in [0.29, 0.717) is 32.9 Å². The Bertz CT molecular complexity index is 297. The van der Waals surface area contributed by atoms with E-state index in [2.05, 4.69) is 6.92 Å². The van der Waals surface area contributed by atoms with Crippen molar-refractivity contribution in [1.29, 1.82) is 0 Å². The van der Waals surface area contributed by atoms with Gasteiger partial charge in [-0.3, -0.25) is 4.79 Å². The van der Waals surface area contributed by atoms with Crippen LogP contribution in [0, 0.1) is 5.41 Å². The maximum atomic E-state index is 12.5. The van der Waals surface area contributed by atoms with E-state index in [1.165, 1.54) is 0 Å². The molecular formula is C12H22N2O3. The van der Waals surface area contributed by atoms with E-state index in [1.54, 1.807) is 0 Å². The van der Waals surface area contributed by atoms with Crippen molar-refractivity contribution in [1.82, 2.24) is 4.90 Å². The molecule has 5 nitrogen and oxygen atoms in total. The van der Waals surface area contributed by atoms with E-state index in [9.17, 15) is 4.79 Å². The molecule has 17 heavy (non-hydrogen) atoms. The fourth-order valence-corrected chi connectivity index (χ4v) is 2.42. The van der Waals surface area contributed by atoms with Gasteiger partial charge in [-0.05, 0) is 13.3 Å². The third-order valence-corrected chi connectivity index (χ3v) is 3.89. The number of amides is 1. The summed E-state index contributed by atoms with van der Waals surface area (Å²) in [5, 5.41) is 0. The first-order valence-corrected chi connectivity index (χ1v) is 6.32. The molecule has 5 heteroatoms. The molecule has 0 aliphatic carbocycles. The lowest BCUT2D eigenvalue weighted by Crippen LogP contribution is -2.55. The summed E-state index contributed by atoms with van der Waals surface area (Å²) in [4.78, 5) is 14.4. The van der Waals surface area contributed by atoms with Gasteiger partial charge < -0.3 is 20.1 Å². The molecule has 0 radical (unpaired) electrons. The van der Waals surface area contributed by atoms with Gasteiger partial charge in [0.25, 0.3) is 0 Å². The lowest BCUT2D eigenvalue weighted by molar-refractivity contribution is -0.149. The quantitative estimate of drug-likeness (QED) is 0.739. The topological polar surface area (TPSA) is 64.8 Å². The number of hydrogen-bond acceptors (Lipinski definition) is 4. The van der Waals surface area contributed by atoms with Gasteiger partial charge in [-0.1, -0.05) is 6.92 Å². The van der Waals surface area contributed by atoms with E-state index in [0.717, 1.165) is 6.42 Å². The van der Waals surface area contributed by atoms with Gasteiger partial charge in [0.1, 0.15) is 0 Å². The molecule has 0 aromatic rings. The third-order valence-electron chi connectivity index (χ3n) is 3.89. The van der Waals surface area contributed by atoms with Crippen LogP contribution in [0.15, 0.2) is 0 Å². The average molecular weight is 242 g/mol. The minimum atomic E-state index is -0.560. The minimum Gasteiger partial charge on any atom is -0.379 e. The second-order valence-corrected chi connectivity index (χ2v) is 5.19. The highest BCUT2D eigenvalue weighted by atomic mass is 16.5. The molecule has 2 rings (SSSR count). The van der Waals surface area contributed by atoms with Crippen molar-refractivity contribution < 1.29 is 14.3 Å². The van der Waals surface area contributed by atoms with Crippen molar-refractivity contribution in [2.75, 3.05) is 32.9 Å². The molecule has 0 aromatic heterocycles. The average Bonchev–Trinajstić information content (AvgIpc) is 2.70. The molecular weight excluding hydrogens is 220 g/mol. The number of morpholine rings is 1. The van der Waals surface area contributed by atoms with Crippen molar-refractivity contribution in [2.24, 2.45) is 11.1 Å². The highest BCUT2D eigenvalue weighted by Crippen LogP contribution is 2.30. The van der Waals surface area contributed by atoms with Gasteiger partial charge in [-0.2, -0.15) is 0 Å². The molecule has 2 aliphatic heterocycles. The number of carbonyl (C=O) groups is 1. The fraction of sp³-hybridized carbons (Fsp3) is 0.917. The standard InChI is InChI=1S/C12H22N2O3/c1-3-9-6-14(4-5-17-9)11(15)12(2)8-16-7-10(12)13/h9-10H,3-8,13H2,1-2H3. The molecule has 2 saturated heterocycles. The summed E-state index contributed by atoms with van der Waals surface area (Å²) in [7, 11) is 0. The molecule has 2 aliphatic rings. The monoisotopic (exact) mass is 242 g/mol. The molecule has 2 heterocycles. The Kier molecular flexibility index (Phi) is 3.70. The summed E-state index contributed by atoms with van der Waals surface area (Å²) in [5.41, 5.74) is 5.42. The summed E-state index contributed by atoms with van der Waals surface area (Å²) in [6.07, 6.45) is 1.10. The van der Waals surface area contributed by atoms with Crippen molar-refractivity contribution in [3.05, 3.63) is 0 Å². The van der Waals surface area contributed by atoms with Gasteiger partial charge >= 0.3 is 0 Å². The Morgan fingerprint density at radius 2 is 2.35 bits per heavy atom. The molecule has 98 valence electrons. The molecule has 0 spiro atoms. The third kappa shape index (κ3) is 2.32. The maximum Gasteiger partial charge on any atom is 0.232 e. The van der Waals surface area contributed by atoms with Crippen LogP contribution >= 0.6 is 0 Å². The van der Waals surface area contributed by atoms with E-state index < -0.39 is 5.41 Å². The molecule has 0 aromatic carbocycles. The van der Waals surface area contributed by atoms with Crippen LogP contribution in [-0.2, 0) is 14.3 Å². The van der Waals surface area contributed by atoms with Crippen LogP contribution in [0.2, 0.25) is 0 Å². The van der Waals surface area contributed by atoms with Crippen molar-refractivity contribution in [3.63, 3.8) is 0 Å². The zero-order chi connectivity index (χ0) is 12.5. The molecule has 0 bridgehead atoms. The summed E-state index contributed by atoms with van der Waals surface area (Å²) in [6.45, 7) is 6.85. The number of rotatable bonds is 2. The summed E-state index contributed by atoms with van der Waals surface area (Å²) < 4.78 is 10.9. The second kappa shape index (κ2) is 4.92. The molecule has 2 fully saturated rings. The Labute approximate surface area is 102 Å². The first-order chi connectivity index (χ1) is 8.08. The molecule has 2 N–H and O–H groups in total. The number of nitrogens with two attached hydrogens (primary N) is 1. The van der Waals surface area contributed by atoms with Crippen LogP contribution in [0.1, 0.15) is 20.3 Å². The van der Waals surface area contributed by atoms with E-state index in [1.807, 2.05) is 11.8 Å². The zero-order valence-electron chi connectivity index (χ0n) is 10.6. The summed E-state index contributed by atoms with van der Waals surface area (Å²) >= 11 is 0. The summed E-state index contributed by atoms with van der Waals surface area (Å²) in [6, 6.07) is -0.196. The molecule has 3 unspecified atom stereocenters. The van der Waals surface area contributed by atoms with Gasteiger partial charge in [-0.25, -0.2) is 0 Å². The van der Waals surface area contributed by atoms with Crippen LogP contribution in [0.25, 0.3) is 0 Å². The number of nitrogens with zero attached hydrogens (tertiary/aromatic N) is 1. The fourth-order valence-electron chi connectivity index (χ4n) is 2.42. The van der Waals surface area contributed by atoms with Crippen LogP contribution in [-0.4, -0.2) is 55.9 Å². The smallest absolute Gasteiger partial charge is 0.232 e. The van der Waals surface area contributed by atoms with Crippen molar-refractivity contribution in [2.45, 2.75) is 32.4 Å². The minimum absolute atomic E-state index is 0.115. The first-order valence-electron chi connectivity index (χ1n) is 6.32. The number of ether oxygens (including phenoxy) is 2. The highest BCUT2D eigenvalue weighted by molar-refractivity contribution is 5.83. The van der Waals surface area contributed by atoms with E-state index >= 15 is 0 Å². The first kappa shape index (κ1) is 12.8. The number of hydrogen-bond donors (Lipinski definition) is 1. The zero-order valence-corrected chi connectivity index (χ0v) is 10.6. The molecule has 0 saturated carbocycles. The van der Waals surface area contributed by atoms with E-state index in [4.69, 9.17) is 15.2 Å². The van der Waals surface area contributed by atoms with Gasteiger partial charge in [0.15, 0.2) is 0 Å². The number of carbonyl (C=O) groups excluding carboxylic acids is 1. The predicted octanol–water partition coefficient (Wildman–Crippen LogP) is -0.0124. The van der Waals surface area contributed by atoms with Crippen LogP contribution in [0.3, 0.4) is 0 Å². The SMILES string of the molecule is CCC1CN(C(=O)C2(C)COCC2N)CCO1.